The van der Waals surface area contributed by atoms with Gasteiger partial charge in [0.25, 0.3) is 0 Å². The Balaban J connectivity index is 2.37. The van der Waals surface area contributed by atoms with Gasteiger partial charge in [-0.2, -0.15) is 8.78 Å². The molecule has 0 aliphatic carbocycles. The number of rotatable bonds is 4. The van der Waals surface area contributed by atoms with Crippen molar-refractivity contribution >= 4 is 0 Å². The Labute approximate surface area is 102 Å². The summed E-state index contributed by atoms with van der Waals surface area (Å²) in [4.78, 5) is 4.14. The van der Waals surface area contributed by atoms with Crippen molar-refractivity contribution in [1.29, 1.82) is 0 Å². The fraction of sp³-hybridized carbons (Fsp3) is 0.250. The van der Waals surface area contributed by atoms with Gasteiger partial charge in [-0.3, -0.25) is 0 Å². The Kier molecular flexibility index (Phi) is 3.45. The van der Waals surface area contributed by atoms with Crippen molar-refractivity contribution in [1.82, 2.24) is 4.98 Å². The summed E-state index contributed by atoms with van der Waals surface area (Å²) in [7, 11) is 1.43. The van der Waals surface area contributed by atoms with Crippen LogP contribution >= 0.6 is 0 Å². The topological polar surface area (TPSA) is 44.5 Å². The van der Waals surface area contributed by atoms with Crippen LogP contribution in [0.1, 0.15) is 5.69 Å². The van der Waals surface area contributed by atoms with Gasteiger partial charge in [0.05, 0.1) is 18.4 Å². The summed E-state index contributed by atoms with van der Waals surface area (Å²) in [5, 5.41) is 0. The van der Waals surface area contributed by atoms with Crippen LogP contribution in [0.5, 0.6) is 11.5 Å². The highest BCUT2D eigenvalue weighted by atomic mass is 19.3. The summed E-state index contributed by atoms with van der Waals surface area (Å²) in [6.07, 6.45) is 1.50. The highest BCUT2D eigenvalue weighted by Gasteiger charge is 2.13. The second-order valence-corrected chi connectivity index (χ2v) is 3.53. The lowest BCUT2D eigenvalue weighted by Gasteiger charge is -2.09. The van der Waals surface area contributed by atoms with E-state index >= 15 is 0 Å². The van der Waals surface area contributed by atoms with E-state index < -0.39 is 6.61 Å². The summed E-state index contributed by atoms with van der Waals surface area (Å²) in [6.45, 7) is -1.09. The van der Waals surface area contributed by atoms with E-state index in [4.69, 9.17) is 9.15 Å². The predicted molar refractivity (Wildman–Crippen MR) is 59.9 cm³/mol. The lowest BCUT2D eigenvalue weighted by atomic mass is 10.2. The second-order valence-electron chi connectivity index (χ2n) is 3.53. The quantitative estimate of drug-likeness (QED) is 0.841. The van der Waals surface area contributed by atoms with E-state index in [1.807, 2.05) is 0 Å². The van der Waals surface area contributed by atoms with Crippen molar-refractivity contribution in [2.75, 3.05) is 7.11 Å². The van der Waals surface area contributed by atoms with Crippen molar-refractivity contribution in [3.63, 3.8) is 0 Å². The van der Waals surface area contributed by atoms with Crippen LogP contribution in [0.15, 0.2) is 28.9 Å². The summed E-state index contributed by atoms with van der Waals surface area (Å²) in [6, 6.07) is 4.33. The first kappa shape index (κ1) is 12.3. The van der Waals surface area contributed by atoms with E-state index in [0.717, 1.165) is 5.69 Å². The van der Waals surface area contributed by atoms with E-state index in [2.05, 4.69) is 9.72 Å². The van der Waals surface area contributed by atoms with Gasteiger partial charge in [0.1, 0.15) is 17.8 Å². The Morgan fingerprint density at radius 2 is 2.11 bits per heavy atom. The minimum Gasteiger partial charge on any atom is -0.496 e. The molecular weight excluding hydrogens is 244 g/mol. The van der Waals surface area contributed by atoms with Gasteiger partial charge in [-0.15, -0.1) is 0 Å². The molecule has 0 radical (unpaired) electrons. The molecule has 0 saturated heterocycles. The summed E-state index contributed by atoms with van der Waals surface area (Å²) >= 11 is 0. The maximum absolute atomic E-state index is 12.1. The van der Waals surface area contributed by atoms with Gasteiger partial charge in [0.2, 0.25) is 5.89 Å². The van der Waals surface area contributed by atoms with Gasteiger partial charge in [-0.1, -0.05) is 0 Å². The summed E-state index contributed by atoms with van der Waals surface area (Å²) < 4.78 is 38.8. The molecule has 0 bridgehead atoms. The number of halogens is 2. The largest absolute Gasteiger partial charge is 0.496 e. The molecule has 96 valence electrons. The van der Waals surface area contributed by atoms with E-state index in [9.17, 15) is 8.78 Å². The first-order valence-corrected chi connectivity index (χ1v) is 5.15. The number of methoxy groups -OCH3 is 1. The van der Waals surface area contributed by atoms with Crippen LogP contribution in [0.4, 0.5) is 8.78 Å². The molecule has 0 aliphatic heterocycles. The Morgan fingerprint density at radius 3 is 2.67 bits per heavy atom. The molecule has 0 N–H and O–H groups in total. The number of hydrogen-bond donors (Lipinski definition) is 0. The normalized spacial score (nSPS) is 10.7. The van der Waals surface area contributed by atoms with Gasteiger partial charge < -0.3 is 13.9 Å². The molecule has 6 heteroatoms. The van der Waals surface area contributed by atoms with Crippen LogP contribution in [-0.4, -0.2) is 18.7 Å². The van der Waals surface area contributed by atoms with Crippen LogP contribution in [0.25, 0.3) is 11.5 Å². The SMILES string of the molecule is COc1cc(OC(F)F)ccc1-c1nc(C)co1. The molecule has 0 aliphatic rings. The van der Waals surface area contributed by atoms with Gasteiger partial charge in [-0.05, 0) is 19.1 Å². The number of aryl methyl sites for hydroxylation is 1. The third kappa shape index (κ3) is 2.58. The molecule has 0 atom stereocenters. The van der Waals surface area contributed by atoms with Gasteiger partial charge in [0.15, 0.2) is 0 Å². The standard InChI is InChI=1S/C12H11F2NO3/c1-7-6-17-11(15-7)9-4-3-8(18-12(13)14)5-10(9)16-2/h3-6,12H,1-2H3. The number of aromatic nitrogens is 1. The number of alkyl halides is 2. The van der Waals surface area contributed by atoms with Gasteiger partial charge in [0, 0.05) is 6.07 Å². The number of ether oxygens (including phenoxy) is 2. The minimum atomic E-state index is -2.87. The lowest BCUT2D eigenvalue weighted by Crippen LogP contribution is -2.02. The fourth-order valence-electron chi connectivity index (χ4n) is 1.50. The molecule has 0 spiro atoms. The lowest BCUT2D eigenvalue weighted by molar-refractivity contribution is -0.0499. The Hall–Kier alpha value is -2.11. The molecule has 1 heterocycles. The highest BCUT2D eigenvalue weighted by molar-refractivity contribution is 5.64. The number of benzene rings is 1. The van der Waals surface area contributed by atoms with E-state index in [0.29, 0.717) is 17.2 Å². The molecule has 0 saturated carbocycles. The van der Waals surface area contributed by atoms with E-state index in [1.165, 1.54) is 25.5 Å². The smallest absolute Gasteiger partial charge is 0.387 e. The molecule has 4 nitrogen and oxygen atoms in total. The fourth-order valence-corrected chi connectivity index (χ4v) is 1.50. The highest BCUT2D eigenvalue weighted by Crippen LogP contribution is 2.33. The van der Waals surface area contributed by atoms with E-state index in [1.54, 1.807) is 13.0 Å². The molecule has 1 aromatic carbocycles. The average Bonchev–Trinajstić information content (AvgIpc) is 2.74. The predicted octanol–water partition coefficient (Wildman–Crippen LogP) is 3.26. The van der Waals surface area contributed by atoms with Crippen molar-refractivity contribution in [3.05, 3.63) is 30.2 Å². The molecule has 18 heavy (non-hydrogen) atoms. The van der Waals surface area contributed by atoms with Crippen molar-refractivity contribution in [2.24, 2.45) is 0 Å². The first-order chi connectivity index (χ1) is 8.60. The third-order valence-corrected chi connectivity index (χ3v) is 2.25. The molecule has 2 rings (SSSR count). The molecular formula is C12H11F2NO3. The monoisotopic (exact) mass is 255 g/mol. The number of hydrogen-bond acceptors (Lipinski definition) is 4. The van der Waals surface area contributed by atoms with Crippen LogP contribution in [-0.2, 0) is 0 Å². The Morgan fingerprint density at radius 1 is 1.33 bits per heavy atom. The van der Waals surface area contributed by atoms with Gasteiger partial charge in [-0.25, -0.2) is 4.98 Å². The maximum atomic E-state index is 12.1. The van der Waals surface area contributed by atoms with Crippen molar-refractivity contribution in [3.8, 4) is 23.0 Å². The number of nitrogens with zero attached hydrogens (tertiary/aromatic N) is 1. The van der Waals surface area contributed by atoms with Crippen molar-refractivity contribution in [2.45, 2.75) is 13.5 Å². The second kappa shape index (κ2) is 5.03. The van der Waals surface area contributed by atoms with Crippen LogP contribution in [0.3, 0.4) is 0 Å². The molecule has 0 fully saturated rings. The Bertz CT molecular complexity index is 540. The van der Waals surface area contributed by atoms with Crippen LogP contribution < -0.4 is 9.47 Å². The molecule has 2 aromatic rings. The zero-order valence-electron chi connectivity index (χ0n) is 9.81. The first-order valence-electron chi connectivity index (χ1n) is 5.15. The minimum absolute atomic E-state index is 0.0221. The molecule has 0 amide bonds. The molecule has 0 unspecified atom stereocenters. The zero-order chi connectivity index (χ0) is 13.1. The average molecular weight is 255 g/mol. The van der Waals surface area contributed by atoms with Crippen molar-refractivity contribution < 1.29 is 22.7 Å². The van der Waals surface area contributed by atoms with Crippen LogP contribution in [0.2, 0.25) is 0 Å². The number of oxazole rings is 1. The summed E-state index contributed by atoms with van der Waals surface area (Å²) in [5.74, 6) is 0.747. The molecule has 1 aromatic heterocycles. The van der Waals surface area contributed by atoms with E-state index in [-0.39, 0.29) is 5.75 Å². The summed E-state index contributed by atoms with van der Waals surface area (Å²) in [5.41, 5.74) is 1.30. The third-order valence-electron chi connectivity index (χ3n) is 2.25. The van der Waals surface area contributed by atoms with Crippen LogP contribution in [0, 0.1) is 6.92 Å². The zero-order valence-corrected chi connectivity index (χ0v) is 9.81. The van der Waals surface area contributed by atoms with Gasteiger partial charge >= 0.3 is 6.61 Å². The maximum Gasteiger partial charge on any atom is 0.387 e.